The Kier molecular flexibility index (Phi) is 8.68. The first-order valence-corrected chi connectivity index (χ1v) is 8.31. The first-order valence-electron chi connectivity index (χ1n) is 8.31. The fraction of sp³-hybridized carbons (Fsp3) is 0.444. The van der Waals surface area contributed by atoms with Crippen molar-refractivity contribution in [3.8, 4) is 0 Å². The lowest BCUT2D eigenvalue weighted by Crippen LogP contribution is -2.50. The number of hydrogen-bond donors (Lipinski definition) is 3. The number of halogens is 3. The van der Waals surface area contributed by atoms with Gasteiger partial charge in [0, 0.05) is 13.1 Å². The minimum atomic E-state index is -0.958. The van der Waals surface area contributed by atoms with E-state index in [0.717, 1.165) is 37.2 Å². The van der Waals surface area contributed by atoms with Gasteiger partial charge in [-0.05, 0) is 31.0 Å². The van der Waals surface area contributed by atoms with Crippen LogP contribution < -0.4 is 16.0 Å². The maximum atomic E-state index is 13.7. The Morgan fingerprint density at radius 3 is 2.42 bits per heavy atom. The van der Waals surface area contributed by atoms with Gasteiger partial charge in [0.1, 0.15) is 23.2 Å². The summed E-state index contributed by atoms with van der Waals surface area (Å²) >= 11 is 0. The van der Waals surface area contributed by atoms with Crippen LogP contribution in [0.2, 0.25) is 0 Å². The van der Waals surface area contributed by atoms with Crippen LogP contribution in [-0.4, -0.2) is 37.5 Å². The number of amides is 2. The van der Waals surface area contributed by atoms with Crippen molar-refractivity contribution in [1.82, 2.24) is 16.0 Å². The third-order valence-electron chi connectivity index (χ3n) is 4.07. The summed E-state index contributed by atoms with van der Waals surface area (Å²) in [5.74, 6) is -3.47. The Bertz CT molecular complexity index is 660. The Hall–Kier alpha value is -1.99. The van der Waals surface area contributed by atoms with Crippen LogP contribution in [0.4, 0.5) is 8.78 Å². The van der Waals surface area contributed by atoms with E-state index >= 15 is 0 Å². The maximum absolute atomic E-state index is 13.7. The second kappa shape index (κ2) is 10.2. The normalized spacial score (nSPS) is 14.9. The molecule has 0 aliphatic carbocycles. The zero-order valence-corrected chi connectivity index (χ0v) is 15.6. The lowest BCUT2D eigenvalue weighted by Gasteiger charge is -2.23. The van der Waals surface area contributed by atoms with E-state index < -0.39 is 29.1 Å². The van der Waals surface area contributed by atoms with Gasteiger partial charge in [0.2, 0.25) is 5.91 Å². The second-order valence-corrected chi connectivity index (χ2v) is 6.33. The molecule has 1 aliphatic rings. The van der Waals surface area contributed by atoms with Gasteiger partial charge in [-0.15, -0.1) is 12.4 Å². The first kappa shape index (κ1) is 22.1. The molecule has 2 amide bonds. The molecule has 3 N–H and O–H groups in total. The Balaban J connectivity index is 0.00000338. The quantitative estimate of drug-likeness (QED) is 0.655. The van der Waals surface area contributed by atoms with Crippen molar-refractivity contribution in [1.29, 1.82) is 0 Å². The molecule has 26 heavy (non-hydrogen) atoms. The molecular weight excluding hydrogens is 364 g/mol. The minimum Gasteiger partial charge on any atom is -0.351 e. The highest BCUT2D eigenvalue weighted by Gasteiger charge is 2.27. The monoisotopic (exact) mass is 387 g/mol. The van der Waals surface area contributed by atoms with Crippen LogP contribution in [0.5, 0.6) is 0 Å². The highest BCUT2D eigenvalue weighted by Crippen LogP contribution is 2.13. The third-order valence-corrected chi connectivity index (χ3v) is 4.07. The Labute approximate surface area is 158 Å². The van der Waals surface area contributed by atoms with Crippen LogP contribution in [0.3, 0.4) is 0 Å². The van der Waals surface area contributed by atoms with Gasteiger partial charge in [-0.25, -0.2) is 8.78 Å². The SMILES string of the molecule is CC(C)C(NC(=O)c1c(F)cccc1F)C(=O)NCC1=CCNCC1.Cl. The van der Waals surface area contributed by atoms with Gasteiger partial charge < -0.3 is 16.0 Å². The van der Waals surface area contributed by atoms with E-state index in [2.05, 4.69) is 16.0 Å². The molecule has 0 saturated heterocycles. The summed E-state index contributed by atoms with van der Waals surface area (Å²) in [6.07, 6.45) is 2.86. The molecule has 0 bridgehead atoms. The standard InChI is InChI=1S/C18H23F2N3O2.ClH/c1-11(2)16(18(25)22-10-12-6-8-21-9-7-12)23-17(24)15-13(19)4-3-5-14(15)20;/h3-6,11,16,21H,7-10H2,1-2H3,(H,22,25)(H,23,24);1H. The zero-order valence-electron chi connectivity index (χ0n) is 14.8. The maximum Gasteiger partial charge on any atom is 0.257 e. The highest BCUT2D eigenvalue weighted by atomic mass is 35.5. The summed E-state index contributed by atoms with van der Waals surface area (Å²) < 4.78 is 27.5. The average molecular weight is 388 g/mol. The van der Waals surface area contributed by atoms with Gasteiger partial charge in [-0.1, -0.05) is 31.6 Å². The van der Waals surface area contributed by atoms with Crippen LogP contribution in [0.25, 0.3) is 0 Å². The largest absolute Gasteiger partial charge is 0.351 e. The molecule has 1 aromatic carbocycles. The van der Waals surface area contributed by atoms with Crippen molar-refractivity contribution in [3.63, 3.8) is 0 Å². The number of benzene rings is 1. The molecule has 0 aromatic heterocycles. The van der Waals surface area contributed by atoms with Crippen molar-refractivity contribution in [2.75, 3.05) is 19.6 Å². The van der Waals surface area contributed by atoms with E-state index in [9.17, 15) is 18.4 Å². The van der Waals surface area contributed by atoms with Crippen molar-refractivity contribution < 1.29 is 18.4 Å². The average Bonchev–Trinajstić information content (AvgIpc) is 2.58. The van der Waals surface area contributed by atoms with Crippen molar-refractivity contribution in [2.45, 2.75) is 26.3 Å². The highest BCUT2D eigenvalue weighted by molar-refractivity contribution is 5.98. The van der Waals surface area contributed by atoms with Crippen molar-refractivity contribution in [2.24, 2.45) is 5.92 Å². The van der Waals surface area contributed by atoms with Crippen LogP contribution in [-0.2, 0) is 4.79 Å². The molecular formula is C18H24ClF2N3O2. The number of carbonyl (C=O) groups is 2. The zero-order chi connectivity index (χ0) is 18.4. The van der Waals surface area contributed by atoms with E-state index in [1.54, 1.807) is 13.8 Å². The van der Waals surface area contributed by atoms with Crippen molar-refractivity contribution >= 4 is 24.2 Å². The van der Waals surface area contributed by atoms with E-state index in [1.165, 1.54) is 6.07 Å². The second-order valence-electron chi connectivity index (χ2n) is 6.33. The number of nitrogens with one attached hydrogen (secondary N) is 3. The molecule has 0 spiro atoms. The molecule has 1 unspecified atom stereocenters. The summed E-state index contributed by atoms with van der Waals surface area (Å²) in [5.41, 5.74) is 0.433. The lowest BCUT2D eigenvalue weighted by atomic mass is 10.0. The molecule has 5 nitrogen and oxygen atoms in total. The van der Waals surface area contributed by atoms with Crippen LogP contribution in [0.1, 0.15) is 30.6 Å². The smallest absolute Gasteiger partial charge is 0.257 e. The molecule has 144 valence electrons. The molecule has 1 heterocycles. The number of hydrogen-bond acceptors (Lipinski definition) is 3. The summed E-state index contributed by atoms with van der Waals surface area (Å²) in [6, 6.07) is 2.31. The van der Waals surface area contributed by atoms with E-state index in [4.69, 9.17) is 0 Å². The summed E-state index contributed by atoms with van der Waals surface area (Å²) in [5, 5.41) is 8.40. The van der Waals surface area contributed by atoms with E-state index in [1.807, 2.05) is 6.08 Å². The molecule has 2 rings (SSSR count). The van der Waals surface area contributed by atoms with Gasteiger partial charge in [-0.3, -0.25) is 9.59 Å². The van der Waals surface area contributed by atoms with Gasteiger partial charge in [0.15, 0.2) is 0 Å². The van der Waals surface area contributed by atoms with E-state index in [0.29, 0.717) is 6.54 Å². The fourth-order valence-electron chi connectivity index (χ4n) is 2.60. The van der Waals surface area contributed by atoms with Gasteiger partial charge in [-0.2, -0.15) is 0 Å². The van der Waals surface area contributed by atoms with Gasteiger partial charge in [0.25, 0.3) is 5.91 Å². The molecule has 8 heteroatoms. The van der Waals surface area contributed by atoms with Crippen LogP contribution >= 0.6 is 12.4 Å². The molecule has 0 radical (unpaired) electrons. The van der Waals surface area contributed by atoms with E-state index in [-0.39, 0.29) is 24.2 Å². The predicted molar refractivity (Wildman–Crippen MR) is 98.3 cm³/mol. The van der Waals surface area contributed by atoms with Crippen LogP contribution in [0, 0.1) is 17.6 Å². The molecule has 1 atom stereocenters. The number of carbonyl (C=O) groups excluding carboxylic acids is 2. The molecule has 0 fully saturated rings. The topological polar surface area (TPSA) is 70.2 Å². The molecule has 1 aromatic rings. The Morgan fingerprint density at radius 1 is 1.23 bits per heavy atom. The minimum absolute atomic E-state index is 0. The lowest BCUT2D eigenvalue weighted by molar-refractivity contribution is -0.123. The van der Waals surface area contributed by atoms with Crippen LogP contribution in [0.15, 0.2) is 29.8 Å². The first-order chi connectivity index (χ1) is 11.9. The molecule has 1 aliphatic heterocycles. The fourth-order valence-corrected chi connectivity index (χ4v) is 2.60. The third kappa shape index (κ3) is 5.78. The predicted octanol–water partition coefficient (Wildman–Crippen LogP) is 2.18. The Morgan fingerprint density at radius 2 is 1.88 bits per heavy atom. The summed E-state index contributed by atoms with van der Waals surface area (Å²) in [6.45, 7) is 5.53. The van der Waals surface area contributed by atoms with Gasteiger partial charge >= 0.3 is 0 Å². The van der Waals surface area contributed by atoms with Gasteiger partial charge in [0.05, 0.1) is 0 Å². The molecule has 0 saturated carbocycles. The summed E-state index contributed by atoms with van der Waals surface area (Å²) in [4.78, 5) is 24.6. The van der Waals surface area contributed by atoms with Crippen molar-refractivity contribution in [3.05, 3.63) is 47.0 Å². The summed E-state index contributed by atoms with van der Waals surface area (Å²) in [7, 11) is 0. The number of rotatable bonds is 6.